The Morgan fingerprint density at radius 2 is 2.11 bits per heavy atom. The molecule has 0 aromatic carbocycles. The summed E-state index contributed by atoms with van der Waals surface area (Å²) in [5.74, 6) is 6.12. The number of imidazole rings is 1. The molecule has 4 atom stereocenters. The lowest BCUT2D eigenvalue weighted by atomic mass is 10.1. The normalized spacial score (nSPS) is 24.9. The van der Waals surface area contributed by atoms with Crippen molar-refractivity contribution in [3.63, 3.8) is 0 Å². The fourth-order valence-corrected chi connectivity index (χ4v) is 2.80. The summed E-state index contributed by atoms with van der Waals surface area (Å²) in [5, 5.41) is 29.4. The Bertz CT molecular complexity index is 845. The van der Waals surface area contributed by atoms with E-state index in [4.69, 9.17) is 15.2 Å². The maximum atomic E-state index is 10.2. The van der Waals surface area contributed by atoms with Gasteiger partial charge >= 0.3 is 0 Å². The molecule has 1 aliphatic rings. The van der Waals surface area contributed by atoms with Gasteiger partial charge in [0.15, 0.2) is 17.7 Å². The summed E-state index contributed by atoms with van der Waals surface area (Å²) in [7, 11) is 0. The maximum Gasteiger partial charge on any atom is 0.208 e. The summed E-state index contributed by atoms with van der Waals surface area (Å²) in [6.45, 7) is 2.84. The van der Waals surface area contributed by atoms with Gasteiger partial charge in [-0.15, -0.1) is 0 Å². The summed E-state index contributed by atoms with van der Waals surface area (Å²) in [6, 6.07) is 0. The van der Waals surface area contributed by atoms with Gasteiger partial charge in [-0.3, -0.25) is 4.57 Å². The Morgan fingerprint density at radius 3 is 2.81 bits per heavy atom. The number of anilines is 1. The number of hydrogen-bond donors (Lipinski definition) is 4. The molecule has 0 radical (unpaired) electrons. The van der Waals surface area contributed by atoms with Crippen LogP contribution >= 0.6 is 0 Å². The van der Waals surface area contributed by atoms with Gasteiger partial charge in [-0.1, -0.05) is 12.8 Å². The number of nitrogen functional groups attached to an aromatic ring is 1. The highest BCUT2D eigenvalue weighted by molar-refractivity contribution is 5.82. The van der Waals surface area contributed by atoms with Crippen molar-refractivity contribution in [2.45, 2.75) is 44.3 Å². The minimum Gasteiger partial charge on any atom is -0.394 e. The number of fused-ring (bicyclic) bond motifs is 1. The Hall–Kier alpha value is -2.29. The third kappa shape index (κ3) is 4.02. The molecule has 0 aliphatic carbocycles. The predicted octanol–water partition coefficient (Wildman–Crippen LogP) is -0.812. The van der Waals surface area contributed by atoms with Crippen LogP contribution in [0.5, 0.6) is 0 Å². The fraction of sp³-hybridized carbons (Fsp3) is 0.588. The third-order valence-corrected chi connectivity index (χ3v) is 4.16. The summed E-state index contributed by atoms with van der Waals surface area (Å²) in [5.41, 5.74) is 6.60. The molecule has 1 fully saturated rings. The monoisotopic (exact) mass is 377 g/mol. The Morgan fingerprint density at radius 1 is 1.30 bits per heavy atom. The van der Waals surface area contributed by atoms with Gasteiger partial charge in [0.25, 0.3) is 0 Å². The van der Waals surface area contributed by atoms with Gasteiger partial charge in [0.1, 0.15) is 23.8 Å². The predicted molar refractivity (Wildman–Crippen MR) is 95.3 cm³/mol. The summed E-state index contributed by atoms with van der Waals surface area (Å²) in [4.78, 5) is 12.6. The highest BCUT2D eigenvalue weighted by Crippen LogP contribution is 2.31. The van der Waals surface area contributed by atoms with E-state index in [1.165, 1.54) is 10.9 Å². The average molecular weight is 377 g/mol. The van der Waals surface area contributed by atoms with Crippen LogP contribution in [-0.2, 0) is 9.47 Å². The first-order valence-corrected chi connectivity index (χ1v) is 8.76. The lowest BCUT2D eigenvalue weighted by Gasteiger charge is -2.16. The van der Waals surface area contributed by atoms with Crippen LogP contribution in [0.1, 0.15) is 31.8 Å². The Labute approximate surface area is 156 Å². The average Bonchev–Trinajstić information content (AvgIpc) is 3.20. The molecule has 0 amide bonds. The molecule has 0 spiro atoms. The summed E-state index contributed by atoms with van der Waals surface area (Å²) in [6.07, 6.45) is -1.45. The summed E-state index contributed by atoms with van der Waals surface area (Å²) < 4.78 is 12.3. The van der Waals surface area contributed by atoms with Crippen molar-refractivity contribution in [1.82, 2.24) is 19.5 Å². The first-order chi connectivity index (χ1) is 13.1. The molecule has 3 rings (SSSR count). The quantitative estimate of drug-likeness (QED) is 0.374. The van der Waals surface area contributed by atoms with Crippen molar-refractivity contribution < 1.29 is 24.8 Å². The van der Waals surface area contributed by atoms with Gasteiger partial charge in [-0.2, -0.15) is 0 Å². The number of ether oxygens (including phenoxy) is 2. The van der Waals surface area contributed by atoms with Crippen LogP contribution in [0.2, 0.25) is 0 Å². The SMILES string of the molecule is CCCOCCC#Cc1nc(N)c2ncn([C@@H]3O[C@H](CO)C(O)C3O)c2n1. The fourth-order valence-electron chi connectivity index (χ4n) is 2.80. The summed E-state index contributed by atoms with van der Waals surface area (Å²) >= 11 is 0. The Balaban J connectivity index is 1.84. The molecule has 2 unspecified atom stereocenters. The number of aromatic nitrogens is 4. The molecule has 10 nitrogen and oxygen atoms in total. The van der Waals surface area contributed by atoms with Gasteiger partial charge in [-0.05, 0) is 12.3 Å². The molecule has 146 valence electrons. The lowest BCUT2D eigenvalue weighted by molar-refractivity contribution is -0.0511. The van der Waals surface area contributed by atoms with Gasteiger partial charge in [-0.25, -0.2) is 15.0 Å². The molecule has 1 aliphatic heterocycles. The zero-order chi connectivity index (χ0) is 19.4. The molecule has 5 N–H and O–H groups in total. The maximum absolute atomic E-state index is 10.2. The van der Waals surface area contributed by atoms with Crippen LogP contribution in [0.15, 0.2) is 6.33 Å². The van der Waals surface area contributed by atoms with Gasteiger partial charge in [0.2, 0.25) is 5.82 Å². The highest BCUT2D eigenvalue weighted by atomic mass is 16.6. The van der Waals surface area contributed by atoms with E-state index in [9.17, 15) is 15.3 Å². The van der Waals surface area contributed by atoms with E-state index in [2.05, 4.69) is 26.8 Å². The second kappa shape index (κ2) is 8.60. The van der Waals surface area contributed by atoms with E-state index in [1.54, 1.807) is 0 Å². The van der Waals surface area contributed by atoms with Crippen molar-refractivity contribution in [2.75, 3.05) is 25.6 Å². The van der Waals surface area contributed by atoms with Gasteiger partial charge < -0.3 is 30.5 Å². The van der Waals surface area contributed by atoms with Crippen molar-refractivity contribution >= 4 is 17.0 Å². The second-order valence-electron chi connectivity index (χ2n) is 6.15. The van der Waals surface area contributed by atoms with Crippen LogP contribution in [0.25, 0.3) is 11.2 Å². The largest absolute Gasteiger partial charge is 0.394 e. The zero-order valence-corrected chi connectivity index (χ0v) is 14.9. The van der Waals surface area contributed by atoms with Crippen LogP contribution < -0.4 is 5.73 Å². The molecular formula is C17H23N5O5. The third-order valence-electron chi connectivity index (χ3n) is 4.16. The van der Waals surface area contributed by atoms with E-state index in [0.717, 1.165) is 6.42 Å². The van der Waals surface area contributed by atoms with Crippen molar-refractivity contribution in [1.29, 1.82) is 0 Å². The molecule has 0 bridgehead atoms. The topological polar surface area (TPSA) is 149 Å². The van der Waals surface area contributed by atoms with Crippen LogP contribution in [-0.4, -0.2) is 73.0 Å². The van der Waals surface area contributed by atoms with Crippen molar-refractivity contribution in [3.05, 3.63) is 12.2 Å². The molecule has 0 saturated carbocycles. The van der Waals surface area contributed by atoms with Crippen molar-refractivity contribution in [3.8, 4) is 11.8 Å². The minimum absolute atomic E-state index is 0.150. The van der Waals surface area contributed by atoms with Gasteiger partial charge in [0, 0.05) is 13.0 Å². The van der Waals surface area contributed by atoms with Crippen LogP contribution in [0, 0.1) is 11.8 Å². The Kier molecular flexibility index (Phi) is 6.20. The first kappa shape index (κ1) is 19.5. The first-order valence-electron chi connectivity index (χ1n) is 8.76. The molecule has 1 saturated heterocycles. The van der Waals surface area contributed by atoms with E-state index in [-0.39, 0.29) is 11.6 Å². The number of hydrogen-bond acceptors (Lipinski definition) is 9. The number of aliphatic hydroxyl groups is 3. The standard InChI is InChI=1S/C17H23N5O5/c1-2-6-26-7-4-3-5-11-20-15(18)12-16(21-11)22(9-19-12)17-14(25)13(24)10(8-23)27-17/h9-10,13-14,17,23-25H,2,4,6-8H2,1H3,(H2,18,20,21)/t10-,13?,14?,17-/m1/s1. The molecular weight excluding hydrogens is 354 g/mol. The van der Waals surface area contributed by atoms with E-state index >= 15 is 0 Å². The van der Waals surface area contributed by atoms with E-state index in [1.807, 2.05) is 6.92 Å². The number of rotatable bonds is 6. The van der Waals surface area contributed by atoms with E-state index < -0.39 is 31.1 Å². The number of aliphatic hydroxyl groups excluding tert-OH is 3. The molecule has 10 heteroatoms. The molecule has 2 aromatic rings. The molecule has 27 heavy (non-hydrogen) atoms. The zero-order valence-electron chi connectivity index (χ0n) is 14.9. The van der Waals surface area contributed by atoms with Gasteiger partial charge in [0.05, 0.1) is 19.5 Å². The molecule has 3 heterocycles. The highest BCUT2D eigenvalue weighted by Gasteiger charge is 2.44. The van der Waals surface area contributed by atoms with Crippen molar-refractivity contribution in [2.24, 2.45) is 0 Å². The van der Waals surface area contributed by atoms with E-state index in [0.29, 0.717) is 30.8 Å². The number of nitrogens with zero attached hydrogens (tertiary/aromatic N) is 4. The lowest BCUT2D eigenvalue weighted by Crippen LogP contribution is -2.33. The minimum atomic E-state index is -1.25. The second-order valence-corrected chi connectivity index (χ2v) is 6.15. The number of nitrogens with two attached hydrogens (primary N) is 1. The van der Waals surface area contributed by atoms with Crippen LogP contribution in [0.3, 0.4) is 0 Å². The smallest absolute Gasteiger partial charge is 0.208 e. The van der Waals surface area contributed by atoms with Crippen LogP contribution in [0.4, 0.5) is 5.82 Å². The molecule has 2 aromatic heterocycles.